The van der Waals surface area contributed by atoms with Gasteiger partial charge in [0.05, 0.1) is 12.4 Å². The molecule has 0 radical (unpaired) electrons. The summed E-state index contributed by atoms with van der Waals surface area (Å²) in [6, 6.07) is 0. The van der Waals surface area contributed by atoms with Gasteiger partial charge in [0.1, 0.15) is 12.2 Å². The molecule has 0 amide bonds. The van der Waals surface area contributed by atoms with Gasteiger partial charge in [-0.15, -0.1) is 0 Å². The quantitative estimate of drug-likeness (QED) is 0.410. The largest absolute Gasteiger partial charge is 0.461 e. The van der Waals surface area contributed by atoms with Crippen LogP contribution in [0.2, 0.25) is 0 Å². The van der Waals surface area contributed by atoms with Crippen molar-refractivity contribution in [3.05, 3.63) is 0 Å². The van der Waals surface area contributed by atoms with Crippen LogP contribution in [0.1, 0.15) is 34.6 Å². The van der Waals surface area contributed by atoms with Gasteiger partial charge in [0.25, 0.3) is 10.1 Å². The van der Waals surface area contributed by atoms with Crippen LogP contribution in [-0.2, 0) is 33.4 Å². The number of hydrogen-bond donors (Lipinski definition) is 1. The fourth-order valence-electron chi connectivity index (χ4n) is 1.09. The first kappa shape index (κ1) is 19.8. The molecule has 124 valence electrons. The van der Waals surface area contributed by atoms with Crippen LogP contribution in [0.25, 0.3) is 0 Å². The van der Waals surface area contributed by atoms with Crippen molar-refractivity contribution in [2.24, 2.45) is 5.73 Å². The van der Waals surface area contributed by atoms with Crippen molar-refractivity contribution in [1.82, 2.24) is 0 Å². The van der Waals surface area contributed by atoms with Crippen molar-refractivity contribution in [3.63, 3.8) is 0 Å². The Hall–Kier alpha value is -1.19. The van der Waals surface area contributed by atoms with Gasteiger partial charge in [0, 0.05) is 0 Å². The predicted octanol–water partition coefficient (Wildman–Crippen LogP) is -0.0466. The van der Waals surface area contributed by atoms with Crippen LogP contribution < -0.4 is 5.73 Å². The van der Waals surface area contributed by atoms with Crippen molar-refractivity contribution in [3.8, 4) is 0 Å². The van der Waals surface area contributed by atoms with E-state index in [-0.39, 0.29) is 0 Å². The molecule has 0 aromatic rings. The second kappa shape index (κ2) is 6.71. The van der Waals surface area contributed by atoms with Crippen molar-refractivity contribution in [1.29, 1.82) is 0 Å². The molecule has 21 heavy (non-hydrogen) atoms. The Balaban J connectivity index is 5.34. The lowest BCUT2D eigenvalue weighted by Crippen LogP contribution is -2.61. The third-order valence-corrected chi connectivity index (χ3v) is 2.52. The number of esters is 2. The average Bonchev–Trinajstić information content (AvgIpc) is 2.21. The minimum atomic E-state index is -3.89. The van der Waals surface area contributed by atoms with Crippen LogP contribution in [0.3, 0.4) is 0 Å². The van der Waals surface area contributed by atoms with E-state index in [1.165, 1.54) is 0 Å². The summed E-state index contributed by atoms with van der Waals surface area (Å²) in [6.07, 6.45) is 0.233. The maximum absolute atomic E-state index is 12.1. The summed E-state index contributed by atoms with van der Waals surface area (Å²) in [5.41, 5.74) is 2.44. The van der Waals surface area contributed by atoms with Gasteiger partial charge in [-0.25, -0.2) is 9.59 Å². The number of nitrogens with two attached hydrogens (primary N) is 1. The Morgan fingerprint density at radius 2 is 1.62 bits per heavy atom. The van der Waals surface area contributed by atoms with Gasteiger partial charge in [-0.3, -0.25) is 4.18 Å². The molecule has 0 aliphatic carbocycles. The molecule has 0 unspecified atom stereocenters. The van der Waals surface area contributed by atoms with Crippen LogP contribution in [0, 0.1) is 0 Å². The van der Waals surface area contributed by atoms with Gasteiger partial charge in [0.15, 0.2) is 0 Å². The first-order valence-corrected chi connectivity index (χ1v) is 8.07. The molecule has 8 nitrogen and oxygen atoms in total. The Bertz CT molecular complexity index is 492. The molecule has 0 saturated heterocycles. The molecular weight excluding hydrogens is 302 g/mol. The van der Waals surface area contributed by atoms with Crippen LogP contribution in [0.4, 0.5) is 0 Å². The molecule has 9 heteroatoms. The van der Waals surface area contributed by atoms with Gasteiger partial charge in [-0.05, 0) is 34.6 Å². The first-order valence-electron chi connectivity index (χ1n) is 6.25. The molecule has 0 rings (SSSR count). The Labute approximate surface area is 125 Å². The third kappa shape index (κ3) is 7.39. The van der Waals surface area contributed by atoms with Gasteiger partial charge >= 0.3 is 11.9 Å². The summed E-state index contributed by atoms with van der Waals surface area (Å²) in [4.78, 5) is 24.1. The highest BCUT2D eigenvalue weighted by molar-refractivity contribution is 7.86. The topological polar surface area (TPSA) is 122 Å². The van der Waals surface area contributed by atoms with Crippen LogP contribution >= 0.6 is 0 Å². The zero-order valence-electron chi connectivity index (χ0n) is 13.1. The molecular formula is C12H23NO7S. The lowest BCUT2D eigenvalue weighted by atomic mass is 10.0. The van der Waals surface area contributed by atoms with E-state index < -0.39 is 45.9 Å². The number of ether oxygens (including phenoxy) is 2. The Morgan fingerprint density at radius 1 is 1.14 bits per heavy atom. The molecule has 0 heterocycles. The third-order valence-electron chi connectivity index (χ3n) is 1.97. The minimum Gasteiger partial charge on any atom is -0.461 e. The minimum absolute atomic E-state index is 0.541. The fourth-order valence-corrected chi connectivity index (χ4v) is 1.49. The van der Waals surface area contributed by atoms with Crippen LogP contribution in [-0.4, -0.2) is 50.5 Å². The van der Waals surface area contributed by atoms with Crippen molar-refractivity contribution >= 4 is 22.1 Å². The lowest BCUT2D eigenvalue weighted by Gasteiger charge is -2.29. The zero-order valence-corrected chi connectivity index (χ0v) is 13.9. The zero-order chi connectivity index (χ0) is 17.1. The predicted molar refractivity (Wildman–Crippen MR) is 74.8 cm³/mol. The molecule has 0 aromatic heterocycles. The maximum Gasteiger partial charge on any atom is 0.340 e. The molecule has 0 aliphatic rings. The summed E-state index contributed by atoms with van der Waals surface area (Å²) < 4.78 is 36.5. The molecule has 2 N–H and O–H groups in total. The van der Waals surface area contributed by atoms with E-state index in [1.807, 2.05) is 0 Å². The molecule has 1 atom stereocenters. The van der Waals surface area contributed by atoms with E-state index in [9.17, 15) is 18.0 Å². The van der Waals surface area contributed by atoms with Crippen molar-refractivity contribution in [2.45, 2.75) is 51.9 Å². The standard InChI is InChI=1S/C12H23NO7S/c1-8(2)19-9(14)12(13,7-18-21(6,16)17)10(15)20-11(3,4)5/h8H,7,13H2,1-6H3/t12-/m0/s1. The highest BCUT2D eigenvalue weighted by Gasteiger charge is 2.48. The molecule has 0 aromatic carbocycles. The first-order chi connectivity index (χ1) is 9.17. The van der Waals surface area contributed by atoms with Gasteiger partial charge in [-0.2, -0.15) is 8.42 Å². The smallest absolute Gasteiger partial charge is 0.340 e. The lowest BCUT2D eigenvalue weighted by molar-refractivity contribution is -0.174. The summed E-state index contributed by atoms with van der Waals surface area (Å²) in [5, 5.41) is 0. The molecule has 0 spiro atoms. The van der Waals surface area contributed by atoms with E-state index in [0.717, 1.165) is 6.26 Å². The maximum atomic E-state index is 12.1. The SMILES string of the molecule is CC(C)OC(=O)[C@@](N)(COS(C)(=O)=O)C(=O)OC(C)(C)C. The van der Waals surface area contributed by atoms with E-state index in [2.05, 4.69) is 4.18 Å². The highest BCUT2D eigenvalue weighted by Crippen LogP contribution is 2.16. The average molecular weight is 325 g/mol. The molecule has 0 aliphatic heterocycles. The van der Waals surface area contributed by atoms with Gasteiger partial charge in [0.2, 0.25) is 5.54 Å². The summed E-state index contributed by atoms with van der Waals surface area (Å²) in [6.45, 7) is 6.96. The van der Waals surface area contributed by atoms with Crippen LogP contribution in [0.5, 0.6) is 0 Å². The Kier molecular flexibility index (Phi) is 6.33. The van der Waals surface area contributed by atoms with E-state index in [0.29, 0.717) is 0 Å². The summed E-state index contributed by atoms with van der Waals surface area (Å²) in [5.74, 6) is -2.24. The summed E-state index contributed by atoms with van der Waals surface area (Å²) in [7, 11) is -3.89. The highest BCUT2D eigenvalue weighted by atomic mass is 32.2. The van der Waals surface area contributed by atoms with E-state index in [1.54, 1.807) is 34.6 Å². The van der Waals surface area contributed by atoms with E-state index >= 15 is 0 Å². The van der Waals surface area contributed by atoms with Gasteiger partial charge in [-0.1, -0.05) is 0 Å². The number of hydrogen-bond acceptors (Lipinski definition) is 8. The normalized spacial score (nSPS) is 15.4. The van der Waals surface area contributed by atoms with E-state index in [4.69, 9.17) is 15.2 Å². The molecule has 0 fully saturated rings. The number of carbonyl (C=O) groups excluding carboxylic acids is 2. The summed E-state index contributed by atoms with van der Waals surface area (Å²) >= 11 is 0. The van der Waals surface area contributed by atoms with Crippen LogP contribution in [0.15, 0.2) is 0 Å². The Morgan fingerprint density at radius 3 is 1.95 bits per heavy atom. The monoisotopic (exact) mass is 325 g/mol. The van der Waals surface area contributed by atoms with Crippen molar-refractivity contribution in [2.75, 3.05) is 12.9 Å². The van der Waals surface area contributed by atoms with Crippen molar-refractivity contribution < 1.29 is 31.7 Å². The molecule has 0 bridgehead atoms. The second-order valence-electron chi connectivity index (χ2n) is 5.89. The molecule has 0 saturated carbocycles. The second-order valence-corrected chi connectivity index (χ2v) is 7.54. The fraction of sp³-hybridized carbons (Fsp3) is 0.833. The number of rotatable bonds is 6. The number of carbonyl (C=O) groups is 2. The van der Waals surface area contributed by atoms with Gasteiger partial charge < -0.3 is 15.2 Å².